The van der Waals surface area contributed by atoms with Gasteiger partial charge in [0, 0.05) is 29.5 Å². The predicted octanol–water partition coefficient (Wildman–Crippen LogP) is 4.05. The summed E-state index contributed by atoms with van der Waals surface area (Å²) in [5, 5.41) is 6.26. The number of thioether (sulfide) groups is 1. The van der Waals surface area contributed by atoms with Crippen molar-refractivity contribution in [3.05, 3.63) is 77.1 Å². The zero-order valence-electron chi connectivity index (χ0n) is 18.0. The standard InChI is InChI=1S/C23H24N4O4S/c1-4-30-21(28)19-17(25-22(29)26-20(19)18-6-5-9-31-18)13-32-23-24-7-8-27(23)16-11-14(2)10-15(3)12-16/h5-12,20H,4,13H2,1-3H3,(H2,25,26,29). The number of aryl methyl sites for hydroxylation is 2. The molecule has 32 heavy (non-hydrogen) atoms. The number of hydrogen-bond acceptors (Lipinski definition) is 6. The van der Waals surface area contributed by atoms with E-state index in [2.05, 4.69) is 47.7 Å². The second kappa shape index (κ2) is 9.35. The molecule has 9 heteroatoms. The summed E-state index contributed by atoms with van der Waals surface area (Å²) in [6.45, 7) is 6.06. The first-order valence-corrected chi connectivity index (χ1v) is 11.2. The summed E-state index contributed by atoms with van der Waals surface area (Å²) in [5.74, 6) is 0.275. The minimum atomic E-state index is -0.729. The lowest BCUT2D eigenvalue weighted by molar-refractivity contribution is -0.139. The first kappa shape index (κ1) is 21.8. The number of amides is 2. The molecular formula is C23H24N4O4S. The summed E-state index contributed by atoms with van der Waals surface area (Å²) in [6, 6.07) is 8.57. The molecule has 0 spiro atoms. The zero-order valence-corrected chi connectivity index (χ0v) is 18.9. The van der Waals surface area contributed by atoms with Crippen LogP contribution in [0.3, 0.4) is 0 Å². The van der Waals surface area contributed by atoms with Crippen molar-refractivity contribution in [3.63, 3.8) is 0 Å². The second-order valence-corrected chi connectivity index (χ2v) is 8.32. The Bertz CT molecular complexity index is 1150. The average Bonchev–Trinajstić information content (AvgIpc) is 3.43. The van der Waals surface area contributed by atoms with Gasteiger partial charge >= 0.3 is 12.0 Å². The van der Waals surface area contributed by atoms with Crippen molar-refractivity contribution in [3.8, 4) is 5.69 Å². The molecule has 2 N–H and O–H groups in total. The summed E-state index contributed by atoms with van der Waals surface area (Å²) in [4.78, 5) is 29.6. The molecule has 1 aliphatic rings. The Morgan fingerprint density at radius 1 is 1.28 bits per heavy atom. The number of rotatable bonds is 7. The van der Waals surface area contributed by atoms with E-state index in [1.54, 1.807) is 25.3 Å². The molecule has 3 heterocycles. The maximum atomic E-state index is 12.8. The van der Waals surface area contributed by atoms with E-state index in [0.717, 1.165) is 22.0 Å². The van der Waals surface area contributed by atoms with E-state index >= 15 is 0 Å². The van der Waals surface area contributed by atoms with E-state index in [1.807, 2.05) is 10.8 Å². The van der Waals surface area contributed by atoms with Crippen LogP contribution in [0.2, 0.25) is 0 Å². The number of urea groups is 1. The SMILES string of the molecule is CCOC(=O)C1=C(CSc2nccn2-c2cc(C)cc(C)c2)NC(=O)NC1c1ccco1. The van der Waals surface area contributed by atoms with Crippen LogP contribution in [0.1, 0.15) is 29.9 Å². The molecule has 1 unspecified atom stereocenters. The van der Waals surface area contributed by atoms with Crippen LogP contribution in [-0.2, 0) is 9.53 Å². The van der Waals surface area contributed by atoms with Crippen LogP contribution < -0.4 is 10.6 Å². The van der Waals surface area contributed by atoms with Gasteiger partial charge in [0.15, 0.2) is 5.16 Å². The summed E-state index contributed by atoms with van der Waals surface area (Å²) < 4.78 is 12.7. The summed E-state index contributed by atoms with van der Waals surface area (Å²) in [6.07, 6.45) is 5.12. The van der Waals surface area contributed by atoms with Gasteiger partial charge in [0.2, 0.25) is 0 Å². The fraction of sp³-hybridized carbons (Fsp3) is 0.261. The lowest BCUT2D eigenvalue weighted by atomic mass is 10.0. The zero-order chi connectivity index (χ0) is 22.7. The maximum absolute atomic E-state index is 12.8. The Balaban J connectivity index is 1.66. The molecule has 3 aromatic rings. The van der Waals surface area contributed by atoms with Crippen LogP contribution in [0.15, 0.2) is 69.8 Å². The van der Waals surface area contributed by atoms with Gasteiger partial charge in [-0.3, -0.25) is 4.57 Å². The lowest BCUT2D eigenvalue weighted by Crippen LogP contribution is -2.46. The first-order chi connectivity index (χ1) is 15.5. The lowest BCUT2D eigenvalue weighted by Gasteiger charge is -2.27. The Morgan fingerprint density at radius 2 is 2.06 bits per heavy atom. The molecule has 0 saturated heterocycles. The molecule has 166 valence electrons. The average molecular weight is 453 g/mol. The highest BCUT2D eigenvalue weighted by atomic mass is 32.2. The molecule has 8 nitrogen and oxygen atoms in total. The van der Waals surface area contributed by atoms with Gasteiger partial charge < -0.3 is 19.8 Å². The molecule has 0 radical (unpaired) electrons. The fourth-order valence-corrected chi connectivity index (χ4v) is 4.61. The third-order valence-electron chi connectivity index (χ3n) is 4.91. The molecule has 0 aliphatic carbocycles. The highest BCUT2D eigenvalue weighted by Gasteiger charge is 2.35. The Morgan fingerprint density at radius 3 is 2.75 bits per heavy atom. The monoisotopic (exact) mass is 452 g/mol. The minimum Gasteiger partial charge on any atom is -0.467 e. The van der Waals surface area contributed by atoms with Crippen LogP contribution in [0.25, 0.3) is 5.69 Å². The molecule has 0 fully saturated rings. The van der Waals surface area contributed by atoms with E-state index in [-0.39, 0.29) is 6.61 Å². The van der Waals surface area contributed by atoms with Gasteiger partial charge in [-0.05, 0) is 56.2 Å². The van der Waals surface area contributed by atoms with E-state index in [1.165, 1.54) is 18.0 Å². The summed E-state index contributed by atoms with van der Waals surface area (Å²) in [5.41, 5.74) is 4.10. The van der Waals surface area contributed by atoms with Crippen molar-refractivity contribution in [2.75, 3.05) is 12.4 Å². The third kappa shape index (κ3) is 4.57. The maximum Gasteiger partial charge on any atom is 0.338 e. The number of ether oxygens (including phenoxy) is 1. The van der Waals surface area contributed by atoms with Crippen molar-refractivity contribution >= 4 is 23.8 Å². The highest BCUT2D eigenvalue weighted by Crippen LogP contribution is 2.31. The first-order valence-electron chi connectivity index (χ1n) is 10.2. The Labute approximate surface area is 190 Å². The van der Waals surface area contributed by atoms with Crippen molar-refractivity contribution < 1.29 is 18.7 Å². The smallest absolute Gasteiger partial charge is 0.338 e. The number of benzene rings is 1. The Hall–Kier alpha value is -3.46. The molecule has 1 aromatic carbocycles. The number of aromatic nitrogens is 2. The quantitative estimate of drug-likeness (QED) is 0.415. The van der Waals surface area contributed by atoms with Crippen LogP contribution in [0, 0.1) is 13.8 Å². The van der Waals surface area contributed by atoms with E-state index in [0.29, 0.717) is 22.8 Å². The van der Waals surface area contributed by atoms with Crippen molar-refractivity contribution in [1.29, 1.82) is 0 Å². The number of nitrogens with one attached hydrogen (secondary N) is 2. The van der Waals surface area contributed by atoms with E-state index in [9.17, 15) is 9.59 Å². The normalized spacial score (nSPS) is 16.0. The Kier molecular flexibility index (Phi) is 6.36. The predicted molar refractivity (Wildman–Crippen MR) is 121 cm³/mol. The minimum absolute atomic E-state index is 0.221. The van der Waals surface area contributed by atoms with Gasteiger partial charge in [-0.15, -0.1) is 0 Å². The number of nitrogens with zero attached hydrogens (tertiary/aromatic N) is 2. The number of furan rings is 1. The molecule has 0 saturated carbocycles. The summed E-state index contributed by atoms with van der Waals surface area (Å²) >= 11 is 1.42. The molecular weight excluding hydrogens is 428 g/mol. The van der Waals surface area contributed by atoms with Gasteiger partial charge in [0.1, 0.15) is 11.8 Å². The van der Waals surface area contributed by atoms with E-state index < -0.39 is 18.0 Å². The van der Waals surface area contributed by atoms with Crippen LogP contribution >= 0.6 is 11.8 Å². The number of hydrogen-bond donors (Lipinski definition) is 2. The summed E-state index contributed by atoms with van der Waals surface area (Å²) in [7, 11) is 0. The highest BCUT2D eigenvalue weighted by molar-refractivity contribution is 7.99. The van der Waals surface area contributed by atoms with Crippen LogP contribution in [0.4, 0.5) is 4.79 Å². The second-order valence-electron chi connectivity index (χ2n) is 7.37. The van der Waals surface area contributed by atoms with Gasteiger partial charge in [-0.1, -0.05) is 17.8 Å². The largest absolute Gasteiger partial charge is 0.467 e. The molecule has 0 bridgehead atoms. The molecule has 4 rings (SSSR count). The number of imidazole rings is 1. The van der Waals surface area contributed by atoms with Crippen molar-refractivity contribution in [1.82, 2.24) is 20.2 Å². The number of carbonyl (C=O) groups is 2. The van der Waals surface area contributed by atoms with Gasteiger partial charge in [0.05, 0.1) is 18.4 Å². The van der Waals surface area contributed by atoms with Gasteiger partial charge in [-0.25, -0.2) is 14.6 Å². The number of carbonyl (C=O) groups excluding carboxylic acids is 2. The molecule has 1 atom stereocenters. The fourth-order valence-electron chi connectivity index (χ4n) is 3.67. The molecule has 1 aliphatic heterocycles. The third-order valence-corrected chi connectivity index (χ3v) is 5.91. The van der Waals surface area contributed by atoms with Crippen LogP contribution in [-0.4, -0.2) is 33.9 Å². The topological polar surface area (TPSA) is 98.4 Å². The van der Waals surface area contributed by atoms with Crippen molar-refractivity contribution in [2.24, 2.45) is 0 Å². The number of esters is 1. The van der Waals surface area contributed by atoms with Gasteiger partial charge in [0.25, 0.3) is 0 Å². The van der Waals surface area contributed by atoms with E-state index in [4.69, 9.17) is 9.15 Å². The molecule has 2 aromatic heterocycles. The van der Waals surface area contributed by atoms with Crippen LogP contribution in [0.5, 0.6) is 0 Å². The van der Waals surface area contributed by atoms with Gasteiger partial charge in [-0.2, -0.15) is 0 Å². The molecule has 2 amide bonds. The van der Waals surface area contributed by atoms with Crippen molar-refractivity contribution in [2.45, 2.75) is 32.0 Å².